The third-order valence-corrected chi connectivity index (χ3v) is 3.22. The fourth-order valence-corrected chi connectivity index (χ4v) is 2.11. The van der Waals surface area contributed by atoms with Gasteiger partial charge in [0.15, 0.2) is 11.6 Å². The predicted molar refractivity (Wildman–Crippen MR) is 63.1 cm³/mol. The molecule has 0 saturated carbocycles. The van der Waals surface area contributed by atoms with Crippen molar-refractivity contribution in [3.05, 3.63) is 40.2 Å². The Kier molecular flexibility index (Phi) is 3.14. The summed E-state index contributed by atoms with van der Waals surface area (Å²) in [6.07, 6.45) is 3.37. The maximum atomic E-state index is 13.3. The molecule has 84 valence electrons. The van der Waals surface area contributed by atoms with E-state index in [1.54, 1.807) is 23.6 Å². The second-order valence-electron chi connectivity index (χ2n) is 3.51. The number of aromatic nitrogens is 2. The molecule has 2 rings (SSSR count). The molecule has 0 radical (unpaired) electrons. The molecule has 3 nitrogen and oxygen atoms in total. The van der Waals surface area contributed by atoms with E-state index in [9.17, 15) is 4.39 Å². The van der Waals surface area contributed by atoms with Crippen molar-refractivity contribution in [2.24, 2.45) is 0 Å². The highest BCUT2D eigenvalue weighted by molar-refractivity contribution is 7.11. The number of hydrogen-bond donors (Lipinski definition) is 1. The lowest BCUT2D eigenvalue weighted by Gasteiger charge is -2.11. The Hall–Kier alpha value is -1.49. The number of aryl methyl sites for hydroxylation is 1. The van der Waals surface area contributed by atoms with Crippen molar-refractivity contribution in [2.75, 3.05) is 5.32 Å². The SMILES string of the molecule is Cc1cnc(C(C)Nc2ncccc2F)s1. The average molecular weight is 237 g/mol. The van der Waals surface area contributed by atoms with E-state index in [0.29, 0.717) is 0 Å². The van der Waals surface area contributed by atoms with Crippen LogP contribution in [0.3, 0.4) is 0 Å². The van der Waals surface area contributed by atoms with E-state index in [1.807, 2.05) is 20.0 Å². The second kappa shape index (κ2) is 4.57. The van der Waals surface area contributed by atoms with Crippen molar-refractivity contribution in [1.82, 2.24) is 9.97 Å². The van der Waals surface area contributed by atoms with Crippen molar-refractivity contribution in [3.63, 3.8) is 0 Å². The summed E-state index contributed by atoms with van der Waals surface area (Å²) in [4.78, 5) is 9.33. The summed E-state index contributed by atoms with van der Waals surface area (Å²) in [6.45, 7) is 3.93. The first kappa shape index (κ1) is 11.0. The zero-order valence-corrected chi connectivity index (χ0v) is 9.88. The Balaban J connectivity index is 2.13. The summed E-state index contributed by atoms with van der Waals surface area (Å²) in [5, 5.41) is 3.93. The molecule has 1 N–H and O–H groups in total. The lowest BCUT2D eigenvalue weighted by atomic mass is 10.3. The van der Waals surface area contributed by atoms with Gasteiger partial charge in [-0.15, -0.1) is 11.3 Å². The van der Waals surface area contributed by atoms with Gasteiger partial charge < -0.3 is 5.32 Å². The molecule has 0 aliphatic carbocycles. The second-order valence-corrected chi connectivity index (χ2v) is 4.78. The fraction of sp³-hybridized carbons (Fsp3) is 0.273. The molecule has 1 atom stereocenters. The lowest BCUT2D eigenvalue weighted by molar-refractivity contribution is 0.621. The highest BCUT2D eigenvalue weighted by atomic mass is 32.1. The number of anilines is 1. The molecule has 0 fully saturated rings. The number of thiazole rings is 1. The van der Waals surface area contributed by atoms with Crippen molar-refractivity contribution in [2.45, 2.75) is 19.9 Å². The number of hydrogen-bond acceptors (Lipinski definition) is 4. The minimum absolute atomic E-state index is 0.0388. The van der Waals surface area contributed by atoms with Gasteiger partial charge in [0, 0.05) is 17.3 Å². The molecular formula is C11H12FN3S. The monoisotopic (exact) mass is 237 g/mol. The Bertz CT molecular complexity index is 484. The van der Waals surface area contributed by atoms with E-state index in [-0.39, 0.29) is 17.7 Å². The van der Waals surface area contributed by atoms with Crippen LogP contribution in [0, 0.1) is 12.7 Å². The largest absolute Gasteiger partial charge is 0.359 e. The number of pyridine rings is 1. The van der Waals surface area contributed by atoms with Crippen molar-refractivity contribution in [3.8, 4) is 0 Å². The molecule has 16 heavy (non-hydrogen) atoms. The first-order valence-electron chi connectivity index (χ1n) is 4.96. The quantitative estimate of drug-likeness (QED) is 0.891. The van der Waals surface area contributed by atoms with Crippen LogP contribution in [0.4, 0.5) is 10.2 Å². The topological polar surface area (TPSA) is 37.8 Å². The molecule has 5 heteroatoms. The Labute approximate surface area is 97.4 Å². The van der Waals surface area contributed by atoms with Gasteiger partial charge in [-0.25, -0.2) is 14.4 Å². The van der Waals surface area contributed by atoms with E-state index in [0.717, 1.165) is 9.88 Å². The molecular weight excluding hydrogens is 225 g/mol. The van der Waals surface area contributed by atoms with Crippen LogP contribution in [0.15, 0.2) is 24.5 Å². The fourth-order valence-electron chi connectivity index (χ4n) is 1.33. The Morgan fingerprint density at radius 2 is 2.25 bits per heavy atom. The van der Waals surface area contributed by atoms with Gasteiger partial charge in [-0.3, -0.25) is 0 Å². The molecule has 0 amide bonds. The zero-order chi connectivity index (χ0) is 11.5. The van der Waals surface area contributed by atoms with Crippen LogP contribution in [-0.2, 0) is 0 Å². The first-order chi connectivity index (χ1) is 7.66. The highest BCUT2D eigenvalue weighted by Crippen LogP contribution is 2.23. The van der Waals surface area contributed by atoms with Gasteiger partial charge >= 0.3 is 0 Å². The van der Waals surface area contributed by atoms with Gasteiger partial charge in [0.2, 0.25) is 0 Å². The van der Waals surface area contributed by atoms with Crippen LogP contribution < -0.4 is 5.32 Å². The minimum Gasteiger partial charge on any atom is -0.359 e. The lowest BCUT2D eigenvalue weighted by Crippen LogP contribution is -2.08. The van der Waals surface area contributed by atoms with Gasteiger partial charge in [0.1, 0.15) is 5.01 Å². The van der Waals surface area contributed by atoms with Crippen molar-refractivity contribution in [1.29, 1.82) is 0 Å². The number of nitrogens with zero attached hydrogens (tertiary/aromatic N) is 2. The van der Waals surface area contributed by atoms with E-state index in [4.69, 9.17) is 0 Å². The van der Waals surface area contributed by atoms with Gasteiger partial charge in [-0.1, -0.05) is 0 Å². The van der Waals surface area contributed by atoms with E-state index < -0.39 is 0 Å². The normalized spacial score (nSPS) is 12.4. The number of rotatable bonds is 3. The molecule has 0 bridgehead atoms. The van der Waals surface area contributed by atoms with Crippen LogP contribution in [0.25, 0.3) is 0 Å². The van der Waals surface area contributed by atoms with Crippen LogP contribution in [0.5, 0.6) is 0 Å². The van der Waals surface area contributed by atoms with Gasteiger partial charge in [0.25, 0.3) is 0 Å². The first-order valence-corrected chi connectivity index (χ1v) is 5.78. The smallest absolute Gasteiger partial charge is 0.165 e. The van der Waals surface area contributed by atoms with Crippen LogP contribution in [0.2, 0.25) is 0 Å². The zero-order valence-electron chi connectivity index (χ0n) is 9.07. The van der Waals surface area contributed by atoms with Gasteiger partial charge in [0.05, 0.1) is 6.04 Å². The molecule has 2 aromatic rings. The van der Waals surface area contributed by atoms with Crippen molar-refractivity contribution < 1.29 is 4.39 Å². The van der Waals surface area contributed by atoms with Crippen molar-refractivity contribution >= 4 is 17.2 Å². The van der Waals surface area contributed by atoms with Gasteiger partial charge in [-0.05, 0) is 26.0 Å². The molecule has 0 aromatic carbocycles. The Morgan fingerprint density at radius 3 is 2.88 bits per heavy atom. The third-order valence-electron chi connectivity index (χ3n) is 2.12. The molecule has 2 aromatic heterocycles. The average Bonchev–Trinajstić information content (AvgIpc) is 2.68. The van der Waals surface area contributed by atoms with Gasteiger partial charge in [-0.2, -0.15) is 0 Å². The summed E-state index contributed by atoms with van der Waals surface area (Å²) < 4.78 is 13.3. The predicted octanol–water partition coefficient (Wildman–Crippen LogP) is 3.16. The number of halogens is 1. The maximum absolute atomic E-state index is 13.3. The highest BCUT2D eigenvalue weighted by Gasteiger charge is 2.11. The molecule has 1 unspecified atom stereocenters. The molecule has 0 spiro atoms. The minimum atomic E-state index is -0.345. The molecule has 0 saturated heterocycles. The Morgan fingerprint density at radius 1 is 1.44 bits per heavy atom. The maximum Gasteiger partial charge on any atom is 0.165 e. The standard InChI is InChI=1S/C11H12FN3S/c1-7-6-14-11(16-7)8(2)15-10-9(12)4-3-5-13-10/h3-6,8H,1-2H3,(H,13,15). The summed E-state index contributed by atoms with van der Waals surface area (Å²) >= 11 is 1.60. The molecule has 2 heterocycles. The van der Waals surface area contributed by atoms with Crippen LogP contribution >= 0.6 is 11.3 Å². The summed E-state index contributed by atoms with van der Waals surface area (Å²) in [5.74, 6) is -0.0783. The van der Waals surface area contributed by atoms with E-state index >= 15 is 0 Å². The van der Waals surface area contributed by atoms with Crippen LogP contribution in [0.1, 0.15) is 22.9 Å². The summed E-state index contributed by atoms with van der Waals surface area (Å²) in [5.41, 5.74) is 0. The number of nitrogens with one attached hydrogen (secondary N) is 1. The molecule has 0 aliphatic rings. The van der Waals surface area contributed by atoms with E-state index in [2.05, 4.69) is 15.3 Å². The molecule has 0 aliphatic heterocycles. The van der Waals surface area contributed by atoms with E-state index in [1.165, 1.54) is 6.07 Å². The summed E-state index contributed by atoms with van der Waals surface area (Å²) in [6, 6.07) is 2.91. The third kappa shape index (κ3) is 2.36. The summed E-state index contributed by atoms with van der Waals surface area (Å²) in [7, 11) is 0. The van der Waals surface area contributed by atoms with Crippen LogP contribution in [-0.4, -0.2) is 9.97 Å².